The number of halogens is 1. The molecule has 1 saturated heterocycles. The van der Waals surface area contributed by atoms with Gasteiger partial charge in [0.15, 0.2) is 11.6 Å². The van der Waals surface area contributed by atoms with Gasteiger partial charge >= 0.3 is 0 Å². The lowest BCUT2D eigenvalue weighted by molar-refractivity contribution is 0.0299. The molecular weight excluding hydrogens is 307 g/mol. The van der Waals surface area contributed by atoms with Gasteiger partial charge in [-0.1, -0.05) is 12.1 Å². The minimum atomic E-state index is -0.413. The van der Waals surface area contributed by atoms with Crippen molar-refractivity contribution in [2.45, 2.75) is 6.61 Å². The van der Waals surface area contributed by atoms with Crippen LogP contribution >= 0.6 is 11.3 Å². The van der Waals surface area contributed by atoms with Crippen molar-refractivity contribution < 1.29 is 18.7 Å². The molecule has 116 valence electrons. The predicted molar refractivity (Wildman–Crippen MR) is 79.6 cm³/mol. The van der Waals surface area contributed by atoms with Crippen LogP contribution in [-0.2, 0) is 11.3 Å². The maximum Gasteiger partial charge on any atom is 0.273 e. The molecular formula is C15H15FN2O3S. The van der Waals surface area contributed by atoms with E-state index in [0.717, 1.165) is 0 Å². The molecule has 0 N–H and O–H groups in total. The highest BCUT2D eigenvalue weighted by molar-refractivity contribution is 7.09. The van der Waals surface area contributed by atoms with Crippen molar-refractivity contribution in [3.05, 3.63) is 46.2 Å². The molecule has 0 saturated carbocycles. The summed E-state index contributed by atoms with van der Waals surface area (Å²) >= 11 is 1.33. The summed E-state index contributed by atoms with van der Waals surface area (Å²) < 4.78 is 24.1. The number of rotatable bonds is 4. The summed E-state index contributed by atoms with van der Waals surface area (Å²) in [6.45, 7) is 2.41. The number of hydrogen-bond donors (Lipinski definition) is 0. The highest BCUT2D eigenvalue weighted by Crippen LogP contribution is 2.19. The van der Waals surface area contributed by atoms with E-state index in [1.165, 1.54) is 17.4 Å². The van der Waals surface area contributed by atoms with E-state index in [1.807, 2.05) is 0 Å². The Morgan fingerprint density at radius 2 is 2.14 bits per heavy atom. The fourth-order valence-corrected chi connectivity index (χ4v) is 2.78. The Hall–Kier alpha value is -1.99. The molecule has 1 amide bonds. The molecule has 2 aromatic rings. The molecule has 1 aromatic carbocycles. The molecule has 22 heavy (non-hydrogen) atoms. The lowest BCUT2D eigenvalue weighted by atomic mass is 10.3. The second-order valence-corrected chi connectivity index (χ2v) is 5.69. The van der Waals surface area contributed by atoms with Gasteiger partial charge in [-0.25, -0.2) is 9.37 Å². The zero-order valence-electron chi connectivity index (χ0n) is 11.8. The monoisotopic (exact) mass is 322 g/mol. The van der Waals surface area contributed by atoms with Crippen LogP contribution in [0.4, 0.5) is 4.39 Å². The predicted octanol–water partition coefficient (Wildman–Crippen LogP) is 2.33. The zero-order chi connectivity index (χ0) is 15.4. The summed E-state index contributed by atoms with van der Waals surface area (Å²) in [5.41, 5.74) is 0.402. The van der Waals surface area contributed by atoms with Crippen LogP contribution in [0.5, 0.6) is 5.75 Å². The van der Waals surface area contributed by atoms with Crippen molar-refractivity contribution in [1.29, 1.82) is 0 Å². The zero-order valence-corrected chi connectivity index (χ0v) is 12.6. The molecule has 0 atom stereocenters. The summed E-state index contributed by atoms with van der Waals surface area (Å²) in [6.07, 6.45) is 0. The standard InChI is InChI=1S/C15H15FN2O3S/c16-11-3-1-2-4-13(11)21-9-14-17-12(10-22-14)15(19)18-5-7-20-8-6-18/h1-4,10H,5-9H2. The first-order chi connectivity index (χ1) is 10.7. The van der Waals surface area contributed by atoms with Gasteiger partial charge in [0.05, 0.1) is 13.2 Å². The lowest BCUT2D eigenvalue weighted by Gasteiger charge is -2.25. The number of ether oxygens (including phenoxy) is 2. The maximum absolute atomic E-state index is 13.5. The molecule has 5 nitrogen and oxygen atoms in total. The van der Waals surface area contributed by atoms with Gasteiger partial charge in [-0.15, -0.1) is 11.3 Å². The van der Waals surface area contributed by atoms with Crippen LogP contribution in [0.3, 0.4) is 0 Å². The molecule has 0 spiro atoms. The quantitative estimate of drug-likeness (QED) is 0.867. The average molecular weight is 322 g/mol. The van der Waals surface area contributed by atoms with Crippen LogP contribution in [0, 0.1) is 5.82 Å². The van der Waals surface area contributed by atoms with E-state index in [-0.39, 0.29) is 18.3 Å². The van der Waals surface area contributed by atoms with Gasteiger partial charge in [-0.2, -0.15) is 0 Å². The van der Waals surface area contributed by atoms with Crippen LogP contribution in [0.15, 0.2) is 29.6 Å². The average Bonchev–Trinajstić information content (AvgIpc) is 3.03. The number of amides is 1. The van der Waals surface area contributed by atoms with E-state index < -0.39 is 5.82 Å². The number of thiazole rings is 1. The molecule has 1 aliphatic heterocycles. The molecule has 0 unspecified atom stereocenters. The van der Waals surface area contributed by atoms with Gasteiger partial charge < -0.3 is 14.4 Å². The Balaban J connectivity index is 1.61. The third-order valence-electron chi connectivity index (χ3n) is 3.26. The molecule has 7 heteroatoms. The summed E-state index contributed by atoms with van der Waals surface area (Å²) in [4.78, 5) is 18.2. The molecule has 0 radical (unpaired) electrons. The Morgan fingerprint density at radius 1 is 1.36 bits per heavy atom. The van der Waals surface area contributed by atoms with Crippen LogP contribution in [0.1, 0.15) is 15.5 Å². The number of para-hydroxylation sites is 1. The molecule has 2 heterocycles. The van der Waals surface area contributed by atoms with Crippen molar-refractivity contribution in [3.8, 4) is 5.75 Å². The van der Waals surface area contributed by atoms with Gasteiger partial charge in [0.2, 0.25) is 0 Å². The number of benzene rings is 1. The third kappa shape index (κ3) is 3.42. The van der Waals surface area contributed by atoms with Crippen molar-refractivity contribution in [1.82, 2.24) is 9.88 Å². The van der Waals surface area contributed by atoms with Gasteiger partial charge in [0, 0.05) is 18.5 Å². The fourth-order valence-electron chi connectivity index (χ4n) is 2.11. The number of nitrogens with zero attached hydrogens (tertiary/aromatic N) is 2. The van der Waals surface area contributed by atoms with E-state index in [4.69, 9.17) is 9.47 Å². The topological polar surface area (TPSA) is 51.7 Å². The van der Waals surface area contributed by atoms with Crippen LogP contribution in [0.2, 0.25) is 0 Å². The Labute approximate surface area is 131 Å². The van der Waals surface area contributed by atoms with Crippen molar-refractivity contribution in [2.75, 3.05) is 26.3 Å². The van der Waals surface area contributed by atoms with Crippen molar-refractivity contribution in [2.24, 2.45) is 0 Å². The molecule has 1 aliphatic rings. The van der Waals surface area contributed by atoms with Gasteiger partial charge in [-0.3, -0.25) is 4.79 Å². The third-order valence-corrected chi connectivity index (χ3v) is 4.08. The number of hydrogen-bond acceptors (Lipinski definition) is 5. The summed E-state index contributed by atoms with van der Waals surface area (Å²) in [5, 5.41) is 2.34. The summed E-state index contributed by atoms with van der Waals surface area (Å²) in [7, 11) is 0. The van der Waals surface area contributed by atoms with Gasteiger partial charge in [0.25, 0.3) is 5.91 Å². The van der Waals surface area contributed by atoms with Crippen LogP contribution < -0.4 is 4.74 Å². The van der Waals surface area contributed by atoms with Crippen molar-refractivity contribution >= 4 is 17.2 Å². The van der Waals surface area contributed by atoms with E-state index in [0.29, 0.717) is 37.0 Å². The Bertz CT molecular complexity index is 656. The highest BCUT2D eigenvalue weighted by atomic mass is 32.1. The lowest BCUT2D eigenvalue weighted by Crippen LogP contribution is -2.40. The van der Waals surface area contributed by atoms with Crippen LogP contribution in [0.25, 0.3) is 0 Å². The van der Waals surface area contributed by atoms with E-state index >= 15 is 0 Å². The van der Waals surface area contributed by atoms with Gasteiger partial charge in [0.1, 0.15) is 17.3 Å². The Morgan fingerprint density at radius 3 is 2.91 bits per heavy atom. The van der Waals surface area contributed by atoms with Crippen LogP contribution in [-0.4, -0.2) is 42.1 Å². The Kier molecular flexibility index (Phi) is 4.65. The molecule has 0 bridgehead atoms. The first-order valence-electron chi connectivity index (χ1n) is 6.93. The smallest absolute Gasteiger partial charge is 0.273 e. The maximum atomic E-state index is 13.5. The van der Waals surface area contributed by atoms with Crippen molar-refractivity contribution in [3.63, 3.8) is 0 Å². The van der Waals surface area contributed by atoms with E-state index in [2.05, 4.69) is 4.98 Å². The van der Waals surface area contributed by atoms with E-state index in [1.54, 1.807) is 28.5 Å². The van der Waals surface area contributed by atoms with Gasteiger partial charge in [-0.05, 0) is 12.1 Å². The first kappa shape index (κ1) is 14.9. The minimum absolute atomic E-state index is 0.100. The molecule has 1 fully saturated rings. The fraction of sp³-hybridized carbons (Fsp3) is 0.333. The molecule has 1 aromatic heterocycles. The molecule has 3 rings (SSSR count). The summed E-state index contributed by atoms with van der Waals surface area (Å²) in [5.74, 6) is -0.334. The number of morpholine rings is 1. The summed E-state index contributed by atoms with van der Waals surface area (Å²) in [6, 6.07) is 6.20. The normalized spacial score (nSPS) is 14.9. The largest absolute Gasteiger partial charge is 0.483 e. The number of carbonyl (C=O) groups excluding carboxylic acids is 1. The molecule has 0 aliphatic carbocycles. The second-order valence-electron chi connectivity index (χ2n) is 4.75. The highest BCUT2D eigenvalue weighted by Gasteiger charge is 2.21. The SMILES string of the molecule is O=C(c1csc(COc2ccccc2F)n1)N1CCOCC1. The number of aromatic nitrogens is 1. The first-order valence-corrected chi connectivity index (χ1v) is 7.81. The second kappa shape index (κ2) is 6.85. The number of carbonyl (C=O) groups is 1. The minimum Gasteiger partial charge on any atom is -0.483 e. The van der Waals surface area contributed by atoms with E-state index in [9.17, 15) is 9.18 Å².